The summed E-state index contributed by atoms with van der Waals surface area (Å²) >= 11 is 1.36. The Labute approximate surface area is 102 Å². The van der Waals surface area contributed by atoms with Gasteiger partial charge in [-0.15, -0.1) is 0 Å². The van der Waals surface area contributed by atoms with E-state index in [4.69, 9.17) is 4.74 Å². The first-order valence-electron chi connectivity index (χ1n) is 5.14. The molecular weight excluding hydrogens is 251 g/mol. The third kappa shape index (κ3) is 3.07. The van der Waals surface area contributed by atoms with Crippen molar-refractivity contribution in [2.45, 2.75) is 23.4 Å². The molecular formula is C11H12F3NOS. The molecule has 1 aromatic rings. The van der Waals surface area contributed by atoms with E-state index < -0.39 is 18.5 Å². The number of nitrogens with one attached hydrogen (secondary N) is 1. The molecule has 6 heteroatoms. The van der Waals surface area contributed by atoms with Gasteiger partial charge in [-0.25, -0.2) is 0 Å². The fourth-order valence-corrected chi connectivity index (χ4v) is 2.78. The van der Waals surface area contributed by atoms with Gasteiger partial charge in [0.15, 0.2) is 0 Å². The monoisotopic (exact) mass is 263 g/mol. The lowest BCUT2D eigenvalue weighted by atomic mass is 9.95. The molecule has 94 valence electrons. The van der Waals surface area contributed by atoms with Gasteiger partial charge in [0.1, 0.15) is 5.75 Å². The van der Waals surface area contributed by atoms with Crippen LogP contribution in [-0.4, -0.2) is 19.8 Å². The molecule has 0 fully saturated rings. The number of halogens is 3. The van der Waals surface area contributed by atoms with E-state index in [1.807, 2.05) is 0 Å². The van der Waals surface area contributed by atoms with E-state index >= 15 is 0 Å². The summed E-state index contributed by atoms with van der Waals surface area (Å²) in [5.74, 6) is 0.0553. The van der Waals surface area contributed by atoms with Crippen molar-refractivity contribution >= 4 is 11.9 Å². The second-order valence-corrected chi connectivity index (χ2v) is 4.80. The number of hydrogen-bond donors (Lipinski definition) is 1. The highest BCUT2D eigenvalue weighted by Crippen LogP contribution is 2.39. The van der Waals surface area contributed by atoms with Gasteiger partial charge in [-0.05, 0) is 35.7 Å². The van der Waals surface area contributed by atoms with Crippen molar-refractivity contribution in [3.05, 3.63) is 23.8 Å². The van der Waals surface area contributed by atoms with E-state index in [1.165, 1.54) is 19.1 Å². The molecule has 0 spiro atoms. The molecule has 1 aliphatic rings. The molecule has 0 saturated heterocycles. The third-order valence-corrected chi connectivity index (χ3v) is 3.55. The van der Waals surface area contributed by atoms with Crippen molar-refractivity contribution in [1.82, 2.24) is 4.72 Å². The standard InChI is InChI=1S/C11H12F3NOS/c1-16-8-2-3-10-9(4-8)7(6-15-17-10)5-11(12,13)14/h2-4,7,15H,5-6H2,1H3. The van der Waals surface area contributed by atoms with Gasteiger partial charge in [0, 0.05) is 17.4 Å². The molecule has 0 saturated carbocycles. The lowest BCUT2D eigenvalue weighted by molar-refractivity contribution is -0.138. The largest absolute Gasteiger partial charge is 0.497 e. The lowest BCUT2D eigenvalue weighted by Gasteiger charge is -2.26. The average molecular weight is 263 g/mol. The minimum atomic E-state index is -4.14. The Morgan fingerprint density at radius 1 is 1.47 bits per heavy atom. The summed E-state index contributed by atoms with van der Waals surface area (Å²) in [4.78, 5) is 0.839. The number of ether oxygens (including phenoxy) is 1. The molecule has 1 aliphatic heterocycles. The second kappa shape index (κ2) is 4.78. The Hall–Kier alpha value is -0.880. The number of hydrogen-bond acceptors (Lipinski definition) is 3. The van der Waals surface area contributed by atoms with Gasteiger partial charge in [0.05, 0.1) is 13.5 Å². The van der Waals surface area contributed by atoms with Crippen molar-refractivity contribution < 1.29 is 17.9 Å². The summed E-state index contributed by atoms with van der Waals surface area (Å²) < 4.78 is 45.3. The molecule has 2 rings (SSSR count). The van der Waals surface area contributed by atoms with Gasteiger partial charge in [0.2, 0.25) is 0 Å². The van der Waals surface area contributed by atoms with E-state index in [0.29, 0.717) is 17.9 Å². The van der Waals surface area contributed by atoms with Crippen LogP contribution in [0.1, 0.15) is 17.9 Å². The Morgan fingerprint density at radius 2 is 2.24 bits per heavy atom. The first kappa shape index (κ1) is 12.6. The fraction of sp³-hybridized carbons (Fsp3) is 0.455. The van der Waals surface area contributed by atoms with Crippen LogP contribution in [0.15, 0.2) is 23.1 Å². The first-order valence-corrected chi connectivity index (χ1v) is 5.95. The Balaban J connectivity index is 2.29. The average Bonchev–Trinajstić information content (AvgIpc) is 2.27. The zero-order valence-electron chi connectivity index (χ0n) is 9.17. The summed E-state index contributed by atoms with van der Waals surface area (Å²) in [6, 6.07) is 5.23. The van der Waals surface area contributed by atoms with E-state index in [2.05, 4.69) is 4.72 Å². The van der Waals surface area contributed by atoms with Gasteiger partial charge < -0.3 is 4.74 Å². The third-order valence-electron chi connectivity index (χ3n) is 2.65. The zero-order chi connectivity index (χ0) is 12.5. The van der Waals surface area contributed by atoms with Gasteiger partial charge in [-0.2, -0.15) is 13.2 Å². The molecule has 17 heavy (non-hydrogen) atoms. The Kier molecular flexibility index (Phi) is 3.53. The Bertz CT molecular complexity index is 408. The summed E-state index contributed by atoms with van der Waals surface area (Å²) in [5.41, 5.74) is 0.713. The molecule has 1 unspecified atom stereocenters. The number of methoxy groups -OCH3 is 1. The topological polar surface area (TPSA) is 21.3 Å². The summed E-state index contributed by atoms with van der Waals surface area (Å²) in [7, 11) is 1.51. The second-order valence-electron chi connectivity index (χ2n) is 3.87. The maximum absolute atomic E-state index is 12.5. The van der Waals surface area contributed by atoms with Crippen molar-refractivity contribution in [2.24, 2.45) is 0 Å². The van der Waals surface area contributed by atoms with Gasteiger partial charge >= 0.3 is 6.18 Å². The summed E-state index contributed by atoms with van der Waals surface area (Å²) in [6.45, 7) is 0.324. The molecule has 1 atom stereocenters. The van der Waals surface area contributed by atoms with Crippen molar-refractivity contribution in [3.8, 4) is 5.75 Å². The van der Waals surface area contributed by atoms with Crippen LogP contribution in [0.5, 0.6) is 5.75 Å². The summed E-state index contributed by atoms with van der Waals surface area (Å²) in [5, 5.41) is 0. The predicted octanol–water partition coefficient (Wildman–Crippen LogP) is 3.34. The molecule has 0 bridgehead atoms. The minimum Gasteiger partial charge on any atom is -0.497 e. The van der Waals surface area contributed by atoms with Gasteiger partial charge in [0.25, 0.3) is 0 Å². The highest BCUT2D eigenvalue weighted by Gasteiger charge is 2.34. The molecule has 0 aliphatic carbocycles. The number of rotatable bonds is 2. The lowest BCUT2D eigenvalue weighted by Crippen LogP contribution is -2.26. The molecule has 0 aromatic heterocycles. The van der Waals surface area contributed by atoms with E-state index in [-0.39, 0.29) is 0 Å². The number of alkyl halides is 3. The molecule has 1 N–H and O–H groups in total. The smallest absolute Gasteiger partial charge is 0.389 e. The number of fused-ring (bicyclic) bond motifs is 1. The van der Waals surface area contributed by atoms with Crippen LogP contribution in [0.3, 0.4) is 0 Å². The SMILES string of the molecule is COc1ccc2c(c1)C(CC(F)(F)F)CNS2. The highest BCUT2D eigenvalue weighted by atomic mass is 32.2. The van der Waals surface area contributed by atoms with Crippen molar-refractivity contribution in [1.29, 1.82) is 0 Å². The zero-order valence-corrected chi connectivity index (χ0v) is 9.99. The molecule has 2 nitrogen and oxygen atoms in total. The maximum Gasteiger partial charge on any atom is 0.389 e. The van der Waals surface area contributed by atoms with Crippen LogP contribution < -0.4 is 9.46 Å². The quantitative estimate of drug-likeness (QED) is 0.827. The fourth-order valence-electron chi connectivity index (χ4n) is 1.86. The molecule has 1 heterocycles. The van der Waals surface area contributed by atoms with Gasteiger partial charge in [-0.1, -0.05) is 0 Å². The van der Waals surface area contributed by atoms with Crippen LogP contribution in [0, 0.1) is 0 Å². The first-order chi connectivity index (χ1) is 7.99. The van der Waals surface area contributed by atoms with Gasteiger partial charge in [-0.3, -0.25) is 4.72 Å². The van der Waals surface area contributed by atoms with Crippen LogP contribution >= 0.6 is 11.9 Å². The van der Waals surface area contributed by atoms with Crippen molar-refractivity contribution in [3.63, 3.8) is 0 Å². The normalized spacial score (nSPS) is 19.9. The molecule has 0 amide bonds. The van der Waals surface area contributed by atoms with E-state index in [1.54, 1.807) is 18.2 Å². The predicted molar refractivity (Wildman–Crippen MR) is 60.3 cm³/mol. The summed E-state index contributed by atoms with van der Waals surface area (Å²) in [6.07, 6.45) is -4.95. The molecule has 1 aromatic carbocycles. The van der Waals surface area contributed by atoms with Crippen LogP contribution in [0.4, 0.5) is 13.2 Å². The van der Waals surface area contributed by atoms with Crippen LogP contribution in [0.25, 0.3) is 0 Å². The van der Waals surface area contributed by atoms with Crippen LogP contribution in [0.2, 0.25) is 0 Å². The van der Waals surface area contributed by atoms with Crippen molar-refractivity contribution in [2.75, 3.05) is 13.7 Å². The van der Waals surface area contributed by atoms with E-state index in [0.717, 1.165) is 4.90 Å². The van der Waals surface area contributed by atoms with E-state index in [9.17, 15) is 13.2 Å². The highest BCUT2D eigenvalue weighted by molar-refractivity contribution is 7.97. The minimum absolute atomic E-state index is 0.324. The number of benzene rings is 1. The molecule has 0 radical (unpaired) electrons. The van der Waals surface area contributed by atoms with Crippen LogP contribution in [-0.2, 0) is 0 Å². The maximum atomic E-state index is 12.5. The Morgan fingerprint density at radius 3 is 2.88 bits per heavy atom.